The van der Waals surface area contributed by atoms with Gasteiger partial charge in [-0.05, 0) is 42.3 Å². The maximum absolute atomic E-state index is 11.6. The Morgan fingerprint density at radius 1 is 1.13 bits per heavy atom. The summed E-state index contributed by atoms with van der Waals surface area (Å²) in [4.78, 5) is 13.4. The molecule has 0 radical (unpaired) electrons. The number of amides is 1. The van der Waals surface area contributed by atoms with E-state index in [0.29, 0.717) is 31.1 Å². The van der Waals surface area contributed by atoms with Gasteiger partial charge in [-0.25, -0.2) is 0 Å². The van der Waals surface area contributed by atoms with Gasteiger partial charge in [0.25, 0.3) is 0 Å². The molecule has 0 saturated carbocycles. The number of hydrogen-bond donors (Lipinski definition) is 2. The summed E-state index contributed by atoms with van der Waals surface area (Å²) in [6.45, 7) is 4.09. The molecule has 30 heavy (non-hydrogen) atoms. The molecule has 7 nitrogen and oxygen atoms in total. The van der Waals surface area contributed by atoms with Crippen molar-refractivity contribution in [2.75, 3.05) is 33.9 Å². The summed E-state index contributed by atoms with van der Waals surface area (Å²) in [5.74, 6) is 2.21. The fraction of sp³-hybridized carbons (Fsp3) is 0.435. The zero-order valence-electron chi connectivity index (χ0n) is 17.8. The van der Waals surface area contributed by atoms with Crippen LogP contribution in [0, 0.1) is 0 Å². The van der Waals surface area contributed by atoms with Gasteiger partial charge in [-0.15, -0.1) is 0 Å². The van der Waals surface area contributed by atoms with Crippen LogP contribution >= 0.6 is 0 Å². The molecule has 1 aliphatic rings. The van der Waals surface area contributed by atoms with Crippen LogP contribution in [0.5, 0.6) is 17.2 Å². The second-order valence-corrected chi connectivity index (χ2v) is 7.38. The van der Waals surface area contributed by atoms with Gasteiger partial charge in [0, 0.05) is 32.1 Å². The topological polar surface area (TPSA) is 80.3 Å². The lowest BCUT2D eigenvalue weighted by Gasteiger charge is -2.16. The van der Waals surface area contributed by atoms with Crippen molar-refractivity contribution in [3.05, 3.63) is 53.1 Å². The number of ether oxygens (including phenoxy) is 3. The van der Waals surface area contributed by atoms with Crippen molar-refractivity contribution in [1.29, 1.82) is 0 Å². The number of methoxy groups -OCH3 is 2. The van der Waals surface area contributed by atoms with Crippen molar-refractivity contribution >= 4 is 5.91 Å². The number of fused-ring (bicyclic) bond motifs is 1. The molecule has 2 aromatic carbocycles. The van der Waals surface area contributed by atoms with Crippen LogP contribution in [0.15, 0.2) is 36.4 Å². The Kier molecular flexibility index (Phi) is 7.54. The van der Waals surface area contributed by atoms with Crippen LogP contribution in [0.4, 0.5) is 0 Å². The van der Waals surface area contributed by atoms with Crippen LogP contribution in [-0.2, 0) is 24.3 Å². The van der Waals surface area contributed by atoms with Crippen molar-refractivity contribution in [2.45, 2.75) is 32.5 Å². The number of nitrogens with one attached hydrogen (secondary N) is 1. The van der Waals surface area contributed by atoms with E-state index >= 15 is 0 Å². The van der Waals surface area contributed by atoms with Crippen LogP contribution in [0.2, 0.25) is 0 Å². The van der Waals surface area contributed by atoms with E-state index in [9.17, 15) is 9.90 Å². The predicted octanol–water partition coefficient (Wildman–Crippen LogP) is 2.14. The number of carbonyl (C=O) groups is 1. The SMILES string of the molecule is COc1ccc(CCNCC(O)COc2cccc3c2CN(C(C)=O)C3)cc1OC. The van der Waals surface area contributed by atoms with Gasteiger partial charge in [-0.1, -0.05) is 18.2 Å². The fourth-order valence-corrected chi connectivity index (χ4v) is 3.53. The molecule has 1 atom stereocenters. The van der Waals surface area contributed by atoms with E-state index in [4.69, 9.17) is 14.2 Å². The van der Waals surface area contributed by atoms with Crippen LogP contribution in [0.1, 0.15) is 23.6 Å². The molecule has 1 amide bonds. The average molecular weight is 415 g/mol. The third kappa shape index (κ3) is 5.43. The third-order valence-electron chi connectivity index (χ3n) is 5.24. The molecule has 7 heteroatoms. The van der Waals surface area contributed by atoms with Crippen molar-refractivity contribution in [1.82, 2.24) is 10.2 Å². The minimum Gasteiger partial charge on any atom is -0.493 e. The zero-order chi connectivity index (χ0) is 21.5. The van der Waals surface area contributed by atoms with Crippen LogP contribution < -0.4 is 19.5 Å². The van der Waals surface area contributed by atoms with E-state index in [1.807, 2.05) is 36.4 Å². The van der Waals surface area contributed by atoms with E-state index in [1.165, 1.54) is 0 Å². The number of aliphatic hydroxyl groups excluding tert-OH is 1. The molecule has 0 saturated heterocycles. The van der Waals surface area contributed by atoms with E-state index < -0.39 is 6.10 Å². The molecular weight excluding hydrogens is 384 g/mol. The smallest absolute Gasteiger partial charge is 0.220 e. The van der Waals surface area contributed by atoms with Gasteiger partial charge in [0.05, 0.1) is 14.2 Å². The molecule has 0 bridgehead atoms. The summed E-state index contributed by atoms with van der Waals surface area (Å²) in [5.41, 5.74) is 3.26. The van der Waals surface area contributed by atoms with E-state index in [-0.39, 0.29) is 12.5 Å². The fourth-order valence-electron chi connectivity index (χ4n) is 3.53. The first-order valence-corrected chi connectivity index (χ1v) is 10.1. The molecule has 1 unspecified atom stereocenters. The Bertz CT molecular complexity index is 871. The Balaban J connectivity index is 1.42. The van der Waals surface area contributed by atoms with Gasteiger partial charge in [0.1, 0.15) is 18.5 Å². The molecule has 0 aliphatic carbocycles. The first-order chi connectivity index (χ1) is 14.5. The summed E-state index contributed by atoms with van der Waals surface area (Å²) in [5, 5.41) is 13.5. The number of carbonyl (C=O) groups excluding carboxylic acids is 1. The Hall–Kier alpha value is -2.77. The summed E-state index contributed by atoms with van der Waals surface area (Å²) >= 11 is 0. The molecule has 2 aromatic rings. The Labute approximate surface area is 177 Å². The summed E-state index contributed by atoms with van der Waals surface area (Å²) in [6.07, 6.45) is 0.178. The molecule has 0 aromatic heterocycles. The van der Waals surface area contributed by atoms with Crippen molar-refractivity contribution in [3.63, 3.8) is 0 Å². The largest absolute Gasteiger partial charge is 0.493 e. The normalized spacial score (nSPS) is 13.7. The van der Waals surface area contributed by atoms with Gasteiger partial charge in [-0.3, -0.25) is 4.79 Å². The number of benzene rings is 2. The highest BCUT2D eigenvalue weighted by molar-refractivity contribution is 5.74. The number of nitrogens with zero attached hydrogens (tertiary/aromatic N) is 1. The summed E-state index contributed by atoms with van der Waals surface area (Å²) in [7, 11) is 3.24. The maximum atomic E-state index is 11.6. The molecule has 3 rings (SSSR count). The highest BCUT2D eigenvalue weighted by atomic mass is 16.5. The standard InChI is InChI=1S/C23H30N2O5/c1-16(26)25-13-18-5-4-6-21(20(18)14-25)30-15-19(27)12-24-10-9-17-7-8-22(28-2)23(11-17)29-3/h4-8,11,19,24,27H,9-10,12-15H2,1-3H3. The zero-order valence-corrected chi connectivity index (χ0v) is 17.8. The molecule has 1 aliphatic heterocycles. The minimum atomic E-state index is -0.628. The second-order valence-electron chi connectivity index (χ2n) is 7.38. The molecule has 1 heterocycles. The van der Waals surface area contributed by atoms with Crippen molar-refractivity contribution < 1.29 is 24.1 Å². The highest BCUT2D eigenvalue weighted by Crippen LogP contribution is 2.31. The van der Waals surface area contributed by atoms with E-state index in [1.54, 1.807) is 26.0 Å². The lowest BCUT2D eigenvalue weighted by Crippen LogP contribution is -2.32. The van der Waals surface area contributed by atoms with Crippen LogP contribution in [-0.4, -0.2) is 55.9 Å². The van der Waals surface area contributed by atoms with E-state index in [2.05, 4.69) is 5.32 Å². The lowest BCUT2D eigenvalue weighted by atomic mass is 10.1. The molecule has 0 fully saturated rings. The summed E-state index contributed by atoms with van der Waals surface area (Å²) in [6, 6.07) is 11.7. The predicted molar refractivity (Wildman–Crippen MR) is 114 cm³/mol. The molecule has 2 N–H and O–H groups in total. The minimum absolute atomic E-state index is 0.0517. The first-order valence-electron chi connectivity index (χ1n) is 10.1. The molecule has 0 spiro atoms. The van der Waals surface area contributed by atoms with Gasteiger partial charge in [-0.2, -0.15) is 0 Å². The number of aliphatic hydroxyl groups is 1. The summed E-state index contributed by atoms with van der Waals surface area (Å²) < 4.78 is 16.4. The second kappa shape index (κ2) is 10.3. The van der Waals surface area contributed by atoms with E-state index in [0.717, 1.165) is 35.4 Å². The Morgan fingerprint density at radius 2 is 1.93 bits per heavy atom. The molecular formula is C23H30N2O5. The van der Waals surface area contributed by atoms with Crippen LogP contribution in [0.25, 0.3) is 0 Å². The molecule has 162 valence electrons. The monoisotopic (exact) mass is 414 g/mol. The Morgan fingerprint density at radius 3 is 2.67 bits per heavy atom. The maximum Gasteiger partial charge on any atom is 0.220 e. The average Bonchev–Trinajstić information content (AvgIpc) is 3.20. The van der Waals surface area contributed by atoms with Gasteiger partial charge >= 0.3 is 0 Å². The highest BCUT2D eigenvalue weighted by Gasteiger charge is 2.24. The number of rotatable bonds is 10. The third-order valence-corrected chi connectivity index (χ3v) is 5.24. The lowest BCUT2D eigenvalue weighted by molar-refractivity contribution is -0.129. The quantitative estimate of drug-likeness (QED) is 0.580. The number of hydrogen-bond acceptors (Lipinski definition) is 6. The van der Waals surface area contributed by atoms with Gasteiger partial charge in [0.2, 0.25) is 5.91 Å². The van der Waals surface area contributed by atoms with Gasteiger partial charge in [0.15, 0.2) is 11.5 Å². The van der Waals surface area contributed by atoms with Gasteiger partial charge < -0.3 is 29.5 Å². The van der Waals surface area contributed by atoms with Crippen LogP contribution in [0.3, 0.4) is 0 Å². The first kappa shape index (κ1) is 21.9. The van der Waals surface area contributed by atoms with Crippen molar-refractivity contribution in [3.8, 4) is 17.2 Å². The van der Waals surface area contributed by atoms with Crippen molar-refractivity contribution in [2.24, 2.45) is 0 Å².